The Labute approximate surface area is 122 Å². The van der Waals surface area contributed by atoms with E-state index in [0.717, 1.165) is 0 Å². The molecule has 1 unspecified atom stereocenters. The van der Waals surface area contributed by atoms with Gasteiger partial charge in [0.15, 0.2) is 0 Å². The summed E-state index contributed by atoms with van der Waals surface area (Å²) in [6, 6.07) is 2.05. The fraction of sp³-hybridized carbons (Fsp3) is 0.308. The van der Waals surface area contributed by atoms with Crippen molar-refractivity contribution < 1.29 is 4.79 Å². The fourth-order valence-electron chi connectivity index (χ4n) is 1.71. The van der Waals surface area contributed by atoms with E-state index in [1.807, 2.05) is 0 Å². The monoisotopic (exact) mass is 287 g/mol. The molecule has 110 valence electrons. The summed E-state index contributed by atoms with van der Waals surface area (Å²) in [6.45, 7) is -0.161. The van der Waals surface area contributed by atoms with Crippen molar-refractivity contribution in [1.82, 2.24) is 0 Å². The number of hydrogen-bond acceptors (Lipinski definition) is 5. The summed E-state index contributed by atoms with van der Waals surface area (Å²) in [4.78, 5) is 15.0. The van der Waals surface area contributed by atoms with E-state index in [1.165, 1.54) is 0 Å². The van der Waals surface area contributed by atoms with E-state index in [2.05, 4.69) is 11.1 Å². The Morgan fingerprint density at radius 3 is 2.43 bits per heavy atom. The van der Waals surface area contributed by atoms with E-state index < -0.39 is 11.8 Å². The standard InChI is InChI=1S/C13H17N7O/c14-5-7-1-3-8(4-2-7)10(15)12(18)20-6-9(11(16)17)13(19)21/h1,3,9,15H,2,4,6H2,(H3,16,17)(H2,18,20)(H2,19,21). The maximum atomic E-state index is 11.1. The molecule has 0 aromatic heterocycles. The molecule has 8 N–H and O–H groups in total. The Balaban J connectivity index is 2.79. The van der Waals surface area contributed by atoms with Crippen molar-refractivity contribution in [2.45, 2.75) is 12.8 Å². The maximum Gasteiger partial charge on any atom is 0.230 e. The molecule has 1 atom stereocenters. The van der Waals surface area contributed by atoms with Crippen LogP contribution in [-0.4, -0.2) is 29.8 Å². The van der Waals surface area contributed by atoms with Gasteiger partial charge in [-0.15, -0.1) is 0 Å². The van der Waals surface area contributed by atoms with Crippen LogP contribution in [-0.2, 0) is 4.79 Å². The number of nitrogens with zero attached hydrogens (tertiary/aromatic N) is 2. The maximum absolute atomic E-state index is 11.1. The second-order valence-corrected chi connectivity index (χ2v) is 4.51. The highest BCUT2D eigenvalue weighted by Crippen LogP contribution is 2.18. The van der Waals surface area contributed by atoms with Gasteiger partial charge < -0.3 is 17.2 Å². The van der Waals surface area contributed by atoms with Gasteiger partial charge in [-0.05, 0) is 24.5 Å². The quantitative estimate of drug-likeness (QED) is 0.328. The molecular weight excluding hydrogens is 270 g/mol. The molecular formula is C13H17N7O. The van der Waals surface area contributed by atoms with Crippen molar-refractivity contribution in [1.29, 1.82) is 16.1 Å². The number of carbonyl (C=O) groups excluding carboxylic acids is 1. The molecule has 0 radical (unpaired) electrons. The molecule has 0 heterocycles. The van der Waals surface area contributed by atoms with Crippen LogP contribution in [0.3, 0.4) is 0 Å². The van der Waals surface area contributed by atoms with Gasteiger partial charge in [-0.1, -0.05) is 6.08 Å². The van der Waals surface area contributed by atoms with E-state index in [-0.39, 0.29) is 23.9 Å². The lowest BCUT2D eigenvalue weighted by molar-refractivity contribution is -0.119. The molecule has 0 saturated carbocycles. The van der Waals surface area contributed by atoms with Gasteiger partial charge in [-0.2, -0.15) is 5.26 Å². The molecule has 0 fully saturated rings. The van der Waals surface area contributed by atoms with Crippen LogP contribution in [0.4, 0.5) is 0 Å². The minimum absolute atomic E-state index is 0.0370. The minimum atomic E-state index is -1.03. The average molecular weight is 287 g/mol. The minimum Gasteiger partial charge on any atom is -0.387 e. The molecule has 8 heteroatoms. The molecule has 1 aliphatic rings. The van der Waals surface area contributed by atoms with Crippen molar-refractivity contribution in [3.8, 4) is 6.07 Å². The highest BCUT2D eigenvalue weighted by atomic mass is 16.1. The predicted molar refractivity (Wildman–Crippen MR) is 79.8 cm³/mol. The topological polar surface area (TPSA) is 179 Å². The Morgan fingerprint density at radius 1 is 1.33 bits per heavy atom. The van der Waals surface area contributed by atoms with Crippen LogP contribution >= 0.6 is 0 Å². The number of nitrogens with one attached hydrogen (secondary N) is 2. The van der Waals surface area contributed by atoms with Gasteiger partial charge in [0.05, 0.1) is 18.3 Å². The lowest BCUT2D eigenvalue weighted by Gasteiger charge is -2.13. The van der Waals surface area contributed by atoms with Gasteiger partial charge in [0.1, 0.15) is 17.6 Å². The average Bonchev–Trinajstić information content (AvgIpc) is 2.45. The number of nitriles is 1. The summed E-state index contributed by atoms with van der Waals surface area (Å²) in [7, 11) is 0. The van der Waals surface area contributed by atoms with E-state index in [1.54, 1.807) is 12.2 Å². The zero-order valence-corrected chi connectivity index (χ0v) is 11.4. The largest absolute Gasteiger partial charge is 0.387 e. The third-order valence-corrected chi connectivity index (χ3v) is 3.03. The Bertz CT molecular complexity index is 592. The summed E-state index contributed by atoms with van der Waals surface area (Å²) in [5, 5.41) is 23.9. The second-order valence-electron chi connectivity index (χ2n) is 4.51. The third kappa shape index (κ3) is 4.28. The lowest BCUT2D eigenvalue weighted by Crippen LogP contribution is -2.37. The van der Waals surface area contributed by atoms with Gasteiger partial charge in [-0.3, -0.25) is 20.6 Å². The molecule has 1 aliphatic carbocycles. The first-order valence-corrected chi connectivity index (χ1v) is 6.19. The number of amidine groups is 2. The fourth-order valence-corrected chi connectivity index (χ4v) is 1.71. The number of primary amides is 1. The Hall–Kier alpha value is -2.95. The molecule has 21 heavy (non-hydrogen) atoms. The van der Waals surface area contributed by atoms with Crippen LogP contribution in [0.2, 0.25) is 0 Å². The van der Waals surface area contributed by atoms with E-state index in [9.17, 15) is 4.79 Å². The molecule has 0 aromatic carbocycles. The number of aliphatic imine (C=N–C) groups is 1. The Kier molecular flexibility index (Phi) is 5.37. The van der Waals surface area contributed by atoms with Crippen LogP contribution in [0.5, 0.6) is 0 Å². The van der Waals surface area contributed by atoms with Crippen LogP contribution in [0.1, 0.15) is 12.8 Å². The van der Waals surface area contributed by atoms with Gasteiger partial charge >= 0.3 is 0 Å². The molecule has 0 bridgehead atoms. The molecule has 0 aliphatic heterocycles. The van der Waals surface area contributed by atoms with Crippen LogP contribution < -0.4 is 17.2 Å². The summed E-state index contributed by atoms with van der Waals surface area (Å²) >= 11 is 0. The summed E-state index contributed by atoms with van der Waals surface area (Å²) in [5.41, 5.74) is 17.4. The zero-order valence-electron chi connectivity index (χ0n) is 11.4. The number of hydrogen-bond donors (Lipinski definition) is 5. The van der Waals surface area contributed by atoms with Crippen molar-refractivity contribution in [3.63, 3.8) is 0 Å². The lowest BCUT2D eigenvalue weighted by atomic mass is 9.95. The van der Waals surface area contributed by atoms with Gasteiger partial charge in [0.2, 0.25) is 5.91 Å². The zero-order chi connectivity index (χ0) is 16.0. The van der Waals surface area contributed by atoms with Gasteiger partial charge in [0, 0.05) is 5.57 Å². The first-order chi connectivity index (χ1) is 9.86. The SMILES string of the molecule is N#CC1=CC=C(C(=N)C(N)=NCC(C(=N)N)C(N)=O)CC1. The van der Waals surface area contributed by atoms with Crippen LogP contribution in [0.15, 0.2) is 28.3 Å². The molecule has 1 amide bonds. The summed E-state index contributed by atoms with van der Waals surface area (Å²) in [6.07, 6.45) is 4.38. The van der Waals surface area contributed by atoms with E-state index in [4.69, 9.17) is 33.3 Å². The van der Waals surface area contributed by atoms with Crippen LogP contribution in [0, 0.1) is 28.1 Å². The predicted octanol–water partition coefficient (Wildman–Crippen LogP) is -0.429. The first-order valence-electron chi connectivity index (χ1n) is 6.19. The van der Waals surface area contributed by atoms with Crippen molar-refractivity contribution >= 4 is 23.3 Å². The molecule has 0 saturated heterocycles. The van der Waals surface area contributed by atoms with Gasteiger partial charge in [-0.25, -0.2) is 0 Å². The van der Waals surface area contributed by atoms with Crippen LogP contribution in [0.25, 0.3) is 0 Å². The molecule has 0 spiro atoms. The van der Waals surface area contributed by atoms with Gasteiger partial charge in [0.25, 0.3) is 0 Å². The van der Waals surface area contributed by atoms with Crippen molar-refractivity contribution in [3.05, 3.63) is 23.3 Å². The smallest absolute Gasteiger partial charge is 0.230 e. The summed E-state index contributed by atoms with van der Waals surface area (Å²) < 4.78 is 0. The number of nitrogens with two attached hydrogens (primary N) is 3. The molecule has 8 nitrogen and oxygen atoms in total. The first kappa shape index (κ1) is 16.1. The van der Waals surface area contributed by atoms with E-state index >= 15 is 0 Å². The van der Waals surface area contributed by atoms with Crippen molar-refractivity contribution in [2.75, 3.05) is 6.54 Å². The summed E-state index contributed by atoms with van der Waals surface area (Å²) in [5.74, 6) is -2.22. The molecule has 1 rings (SSSR count). The number of amides is 1. The third-order valence-electron chi connectivity index (χ3n) is 3.03. The Morgan fingerprint density at radius 2 is 2.00 bits per heavy atom. The second kappa shape index (κ2) is 7.00. The van der Waals surface area contributed by atoms with E-state index in [0.29, 0.717) is 24.0 Å². The number of carbonyl (C=O) groups is 1. The number of allylic oxidation sites excluding steroid dienone is 3. The highest BCUT2D eigenvalue weighted by molar-refractivity contribution is 6.45. The molecule has 0 aromatic rings. The van der Waals surface area contributed by atoms with Crippen molar-refractivity contribution in [2.24, 2.45) is 28.1 Å². The normalized spacial score (nSPS) is 16.2. The highest BCUT2D eigenvalue weighted by Gasteiger charge is 2.19. The number of rotatable bonds is 6.